The minimum Gasteiger partial charge on any atom is -0.381 e. The van der Waals surface area contributed by atoms with E-state index in [9.17, 15) is 13.2 Å². The summed E-state index contributed by atoms with van der Waals surface area (Å²) in [4.78, 5) is 12.1. The fraction of sp³-hybridized carbons (Fsp3) is 0.409. The summed E-state index contributed by atoms with van der Waals surface area (Å²) < 4.78 is 32.8. The van der Waals surface area contributed by atoms with Crippen molar-refractivity contribution in [2.75, 3.05) is 26.3 Å². The number of carbonyl (C=O) groups excluding carboxylic acids is 1. The third-order valence-electron chi connectivity index (χ3n) is 4.44. The highest BCUT2D eigenvalue weighted by molar-refractivity contribution is 7.89. The van der Waals surface area contributed by atoms with Crippen LogP contribution in [0.15, 0.2) is 53.4 Å². The molecule has 2 aromatic carbocycles. The van der Waals surface area contributed by atoms with Crippen molar-refractivity contribution in [3.63, 3.8) is 0 Å². The second kappa shape index (κ2) is 11.7. The summed E-state index contributed by atoms with van der Waals surface area (Å²) in [6, 6.07) is 15.4. The Kier molecular flexibility index (Phi) is 9.31. The largest absolute Gasteiger partial charge is 0.381 e. The first-order chi connectivity index (χ1) is 13.9. The number of benzene rings is 2. The van der Waals surface area contributed by atoms with Crippen LogP contribution in [0, 0.1) is 13.8 Å². The van der Waals surface area contributed by atoms with Gasteiger partial charge >= 0.3 is 0 Å². The van der Waals surface area contributed by atoms with Gasteiger partial charge in [0.1, 0.15) is 0 Å². The van der Waals surface area contributed by atoms with Crippen LogP contribution in [0.2, 0.25) is 0 Å². The molecule has 2 aromatic rings. The minimum absolute atomic E-state index is 0.0646. The van der Waals surface area contributed by atoms with E-state index >= 15 is 0 Å². The van der Waals surface area contributed by atoms with Crippen LogP contribution in [-0.2, 0) is 26.0 Å². The topological polar surface area (TPSA) is 84.5 Å². The fourth-order valence-electron chi connectivity index (χ4n) is 2.80. The molecular weight excluding hydrogens is 388 g/mol. The molecule has 29 heavy (non-hydrogen) atoms. The molecule has 0 aliphatic rings. The van der Waals surface area contributed by atoms with Crippen LogP contribution in [-0.4, -0.2) is 40.6 Å². The van der Waals surface area contributed by atoms with E-state index in [1.54, 1.807) is 19.1 Å². The number of amides is 1. The van der Waals surface area contributed by atoms with E-state index in [1.807, 2.05) is 31.2 Å². The summed E-state index contributed by atoms with van der Waals surface area (Å²) in [6.07, 6.45) is 1.68. The smallest absolute Gasteiger partial charge is 0.240 e. The van der Waals surface area contributed by atoms with Crippen molar-refractivity contribution in [3.05, 3.63) is 65.2 Å². The van der Waals surface area contributed by atoms with Gasteiger partial charge in [-0.15, -0.1) is 0 Å². The molecular formula is C22H30N2O4S. The lowest BCUT2D eigenvalue weighted by molar-refractivity contribution is -0.120. The third-order valence-corrected chi connectivity index (χ3v) is 6.05. The highest BCUT2D eigenvalue weighted by atomic mass is 32.2. The van der Waals surface area contributed by atoms with Gasteiger partial charge in [0.05, 0.1) is 11.5 Å². The van der Waals surface area contributed by atoms with Crippen molar-refractivity contribution >= 4 is 15.9 Å². The molecule has 0 unspecified atom stereocenters. The van der Waals surface area contributed by atoms with E-state index in [0.29, 0.717) is 25.3 Å². The van der Waals surface area contributed by atoms with Crippen LogP contribution >= 0.6 is 0 Å². The molecule has 7 heteroatoms. The highest BCUT2D eigenvalue weighted by Crippen LogP contribution is 2.16. The lowest BCUT2D eigenvalue weighted by atomic mass is 10.2. The van der Waals surface area contributed by atoms with Crippen molar-refractivity contribution in [1.82, 2.24) is 10.0 Å². The summed E-state index contributed by atoms with van der Waals surface area (Å²) in [5.74, 6) is -0.182. The quantitative estimate of drug-likeness (QED) is 0.519. The number of nitrogens with one attached hydrogen (secondary N) is 2. The number of carbonyl (C=O) groups is 1. The Hall–Kier alpha value is -2.22. The number of aryl methyl sites for hydroxylation is 2. The van der Waals surface area contributed by atoms with Gasteiger partial charge in [0, 0.05) is 26.1 Å². The van der Waals surface area contributed by atoms with Gasteiger partial charge in [-0.1, -0.05) is 42.5 Å². The SMILES string of the molecule is Cc1ccc(C)c(S(=O)(=O)NCCC(=O)NCCCOCCc2ccccc2)c1. The average molecular weight is 419 g/mol. The number of hydrogen-bond donors (Lipinski definition) is 2. The molecule has 2 N–H and O–H groups in total. The summed E-state index contributed by atoms with van der Waals surface area (Å²) in [5.41, 5.74) is 2.80. The van der Waals surface area contributed by atoms with Crippen LogP contribution in [0.25, 0.3) is 0 Å². The van der Waals surface area contributed by atoms with Gasteiger partial charge in [0.15, 0.2) is 0 Å². The van der Waals surface area contributed by atoms with E-state index in [0.717, 1.165) is 18.4 Å². The number of hydrogen-bond acceptors (Lipinski definition) is 4. The zero-order valence-electron chi connectivity index (χ0n) is 17.1. The Bertz CT molecular complexity index is 883. The van der Waals surface area contributed by atoms with Gasteiger partial charge in [-0.05, 0) is 49.4 Å². The van der Waals surface area contributed by atoms with Crippen LogP contribution in [0.1, 0.15) is 29.5 Å². The van der Waals surface area contributed by atoms with E-state index in [2.05, 4.69) is 22.2 Å². The van der Waals surface area contributed by atoms with E-state index < -0.39 is 10.0 Å². The summed E-state index contributed by atoms with van der Waals surface area (Å²) in [6.45, 7) is 5.40. The van der Waals surface area contributed by atoms with Gasteiger partial charge in [-0.25, -0.2) is 13.1 Å². The van der Waals surface area contributed by atoms with Gasteiger partial charge < -0.3 is 10.1 Å². The van der Waals surface area contributed by atoms with E-state index in [-0.39, 0.29) is 23.8 Å². The predicted molar refractivity (Wildman–Crippen MR) is 114 cm³/mol. The lowest BCUT2D eigenvalue weighted by Crippen LogP contribution is -2.31. The first-order valence-electron chi connectivity index (χ1n) is 9.84. The Morgan fingerprint density at radius 1 is 1.00 bits per heavy atom. The molecule has 0 spiro atoms. The Labute approximate surface area is 173 Å². The fourth-order valence-corrected chi connectivity index (χ4v) is 4.16. The molecule has 1 amide bonds. The van der Waals surface area contributed by atoms with Crippen LogP contribution in [0.3, 0.4) is 0 Å². The Morgan fingerprint density at radius 2 is 1.76 bits per heavy atom. The number of ether oxygens (including phenoxy) is 1. The number of rotatable bonds is 12. The molecule has 0 bridgehead atoms. The Morgan fingerprint density at radius 3 is 2.52 bits per heavy atom. The summed E-state index contributed by atoms with van der Waals surface area (Å²) in [5, 5.41) is 2.78. The van der Waals surface area contributed by atoms with Crippen LogP contribution < -0.4 is 10.0 Å². The lowest BCUT2D eigenvalue weighted by Gasteiger charge is -2.10. The summed E-state index contributed by atoms with van der Waals surface area (Å²) >= 11 is 0. The Balaban J connectivity index is 1.57. The zero-order chi connectivity index (χ0) is 21.1. The van der Waals surface area contributed by atoms with Crippen molar-refractivity contribution in [1.29, 1.82) is 0 Å². The van der Waals surface area contributed by atoms with E-state index in [4.69, 9.17) is 4.74 Å². The maximum Gasteiger partial charge on any atom is 0.240 e. The van der Waals surface area contributed by atoms with Gasteiger partial charge in [-0.3, -0.25) is 4.79 Å². The first kappa shape index (κ1) is 23.1. The molecule has 0 aliphatic carbocycles. The van der Waals surface area contributed by atoms with Gasteiger partial charge in [0.25, 0.3) is 0 Å². The molecule has 0 aromatic heterocycles. The van der Waals surface area contributed by atoms with Crippen LogP contribution in [0.4, 0.5) is 0 Å². The highest BCUT2D eigenvalue weighted by Gasteiger charge is 2.16. The van der Waals surface area contributed by atoms with Crippen molar-refractivity contribution in [2.45, 2.75) is 38.0 Å². The van der Waals surface area contributed by atoms with Crippen molar-refractivity contribution in [2.24, 2.45) is 0 Å². The standard InChI is InChI=1S/C22H30N2O4S/c1-18-9-10-19(2)21(17-18)29(26,27)24-14-11-22(25)23-13-6-15-28-16-12-20-7-4-3-5-8-20/h3-5,7-10,17,24H,6,11-16H2,1-2H3,(H,23,25). The minimum atomic E-state index is -3.62. The second-order valence-electron chi connectivity index (χ2n) is 6.97. The van der Waals surface area contributed by atoms with Crippen molar-refractivity contribution < 1.29 is 17.9 Å². The molecule has 158 valence electrons. The van der Waals surface area contributed by atoms with Gasteiger partial charge in [0.2, 0.25) is 15.9 Å². The second-order valence-corrected chi connectivity index (χ2v) is 8.70. The van der Waals surface area contributed by atoms with Crippen LogP contribution in [0.5, 0.6) is 0 Å². The molecule has 0 heterocycles. The molecule has 0 saturated heterocycles. The molecule has 0 atom stereocenters. The van der Waals surface area contributed by atoms with E-state index in [1.165, 1.54) is 5.56 Å². The zero-order valence-corrected chi connectivity index (χ0v) is 17.9. The maximum absolute atomic E-state index is 12.4. The predicted octanol–water partition coefficient (Wildman–Crippen LogP) is 2.74. The molecule has 0 radical (unpaired) electrons. The summed E-state index contributed by atoms with van der Waals surface area (Å²) in [7, 11) is -3.62. The first-order valence-corrected chi connectivity index (χ1v) is 11.3. The monoisotopic (exact) mass is 418 g/mol. The van der Waals surface area contributed by atoms with Gasteiger partial charge in [-0.2, -0.15) is 0 Å². The average Bonchev–Trinajstić information content (AvgIpc) is 2.69. The number of sulfonamides is 1. The third kappa shape index (κ3) is 8.35. The maximum atomic E-state index is 12.4. The van der Waals surface area contributed by atoms with Crippen molar-refractivity contribution in [3.8, 4) is 0 Å². The molecule has 6 nitrogen and oxygen atoms in total. The molecule has 2 rings (SSSR count). The molecule has 0 aliphatic heterocycles. The molecule has 0 fully saturated rings. The normalized spacial score (nSPS) is 11.4. The molecule has 0 saturated carbocycles.